The maximum absolute atomic E-state index is 6.16. The van der Waals surface area contributed by atoms with E-state index in [0.29, 0.717) is 10.1 Å². The second kappa shape index (κ2) is 7.10. The van der Waals surface area contributed by atoms with Gasteiger partial charge in [-0.3, -0.25) is 0 Å². The summed E-state index contributed by atoms with van der Waals surface area (Å²) < 4.78 is 11.2. The van der Waals surface area contributed by atoms with Gasteiger partial charge in [0.25, 0.3) is 0 Å². The molecule has 0 fully saturated rings. The first-order valence-corrected chi connectivity index (χ1v) is 8.85. The molecule has 0 spiro atoms. The molecule has 0 aromatic heterocycles. The monoisotopic (exact) mass is 376 g/mol. The van der Waals surface area contributed by atoms with Crippen molar-refractivity contribution >= 4 is 34.6 Å². The Morgan fingerprint density at radius 1 is 1.24 bits per heavy atom. The van der Waals surface area contributed by atoms with Crippen LogP contribution in [0.4, 0.5) is 5.69 Å². The van der Waals surface area contributed by atoms with Crippen LogP contribution < -0.4 is 20.1 Å². The van der Waals surface area contributed by atoms with E-state index in [1.54, 1.807) is 7.11 Å². The summed E-state index contributed by atoms with van der Waals surface area (Å²) in [6, 6.07) is 13.3. The maximum Gasteiger partial charge on any atom is 0.171 e. The van der Waals surface area contributed by atoms with E-state index in [4.69, 9.17) is 33.3 Å². The van der Waals surface area contributed by atoms with Crippen LogP contribution >= 0.6 is 23.8 Å². The molecule has 2 aromatic carbocycles. The molecule has 0 amide bonds. The van der Waals surface area contributed by atoms with E-state index in [2.05, 4.69) is 24.5 Å². The summed E-state index contributed by atoms with van der Waals surface area (Å²) in [5.41, 5.74) is 1.63. The number of methoxy groups -OCH3 is 1. The van der Waals surface area contributed by atoms with Crippen molar-refractivity contribution < 1.29 is 9.47 Å². The van der Waals surface area contributed by atoms with Crippen LogP contribution in [0.25, 0.3) is 0 Å². The maximum atomic E-state index is 6.16. The van der Waals surface area contributed by atoms with Gasteiger partial charge in [-0.25, -0.2) is 0 Å². The Balaban J connectivity index is 1.74. The number of benzene rings is 2. The highest BCUT2D eigenvalue weighted by molar-refractivity contribution is 7.80. The predicted molar refractivity (Wildman–Crippen MR) is 106 cm³/mol. The number of halogens is 1. The molecule has 25 heavy (non-hydrogen) atoms. The van der Waals surface area contributed by atoms with Crippen LogP contribution in [0, 0.1) is 0 Å². The number of ether oxygens (including phenoxy) is 2. The third-order valence-corrected chi connectivity index (χ3v) is 4.54. The number of thiocarbonyl (C=S) groups is 1. The lowest BCUT2D eigenvalue weighted by Gasteiger charge is -2.38. The summed E-state index contributed by atoms with van der Waals surface area (Å²) in [6.45, 7) is 4.14. The summed E-state index contributed by atoms with van der Waals surface area (Å²) in [4.78, 5) is 0. The lowest BCUT2D eigenvalue weighted by atomic mass is 9.90. The van der Waals surface area contributed by atoms with E-state index in [1.165, 1.54) is 0 Å². The van der Waals surface area contributed by atoms with Gasteiger partial charge in [-0.2, -0.15) is 0 Å². The average molecular weight is 377 g/mol. The van der Waals surface area contributed by atoms with Crippen molar-refractivity contribution in [3.05, 3.63) is 53.1 Å². The fourth-order valence-electron chi connectivity index (χ4n) is 2.95. The van der Waals surface area contributed by atoms with E-state index >= 15 is 0 Å². The molecule has 3 rings (SSSR count). The fourth-order valence-corrected chi connectivity index (χ4v) is 3.39. The van der Waals surface area contributed by atoms with Crippen LogP contribution in [0.3, 0.4) is 0 Å². The Hall–Kier alpha value is -1.98. The molecule has 0 unspecified atom stereocenters. The third kappa shape index (κ3) is 4.35. The zero-order valence-electron chi connectivity index (χ0n) is 14.4. The second-order valence-corrected chi connectivity index (χ2v) is 7.47. The molecule has 0 bridgehead atoms. The first-order valence-electron chi connectivity index (χ1n) is 8.06. The van der Waals surface area contributed by atoms with Crippen molar-refractivity contribution in [3.8, 4) is 11.5 Å². The van der Waals surface area contributed by atoms with Crippen LogP contribution in [0.2, 0.25) is 5.02 Å². The van der Waals surface area contributed by atoms with Crippen LogP contribution in [0.1, 0.15) is 31.9 Å². The molecule has 1 heterocycles. The molecule has 6 heteroatoms. The van der Waals surface area contributed by atoms with Gasteiger partial charge >= 0.3 is 0 Å². The van der Waals surface area contributed by atoms with Crippen molar-refractivity contribution in [1.82, 2.24) is 5.32 Å². The minimum Gasteiger partial charge on any atom is -0.497 e. The number of rotatable bonds is 3. The zero-order chi connectivity index (χ0) is 18.0. The summed E-state index contributed by atoms with van der Waals surface area (Å²) in [5, 5.41) is 7.83. The Labute approximate surface area is 158 Å². The molecule has 0 saturated heterocycles. The number of nitrogens with one attached hydrogen (secondary N) is 2. The first-order chi connectivity index (χ1) is 11.9. The predicted octanol–water partition coefficient (Wildman–Crippen LogP) is 4.94. The van der Waals surface area contributed by atoms with Gasteiger partial charge in [0.05, 0.1) is 13.2 Å². The smallest absolute Gasteiger partial charge is 0.171 e. The number of hydrogen-bond acceptors (Lipinski definition) is 3. The van der Waals surface area contributed by atoms with E-state index in [1.807, 2.05) is 42.5 Å². The standard InChI is InChI=1S/C19H21ClN2O2S/c1-19(2)11-16(15-10-12(20)4-9-17(15)24-19)22-18(25)21-13-5-7-14(23-3)8-6-13/h4-10,16H,11H2,1-3H3,(H2,21,22,25)/t16-/m1/s1. The van der Waals surface area contributed by atoms with Crippen LogP contribution in [0.15, 0.2) is 42.5 Å². The number of anilines is 1. The largest absolute Gasteiger partial charge is 0.497 e. The van der Waals surface area contributed by atoms with Crippen molar-refractivity contribution in [1.29, 1.82) is 0 Å². The van der Waals surface area contributed by atoms with E-state index < -0.39 is 0 Å². The van der Waals surface area contributed by atoms with Gasteiger partial charge < -0.3 is 20.1 Å². The van der Waals surface area contributed by atoms with Gasteiger partial charge in [0.15, 0.2) is 5.11 Å². The van der Waals surface area contributed by atoms with Gasteiger partial charge in [-0.15, -0.1) is 0 Å². The molecule has 2 aromatic rings. The van der Waals surface area contributed by atoms with Gasteiger partial charge in [0, 0.05) is 22.7 Å². The molecule has 132 valence electrons. The minimum absolute atomic E-state index is 0.0238. The Morgan fingerprint density at radius 2 is 1.96 bits per heavy atom. The molecule has 0 radical (unpaired) electrons. The summed E-state index contributed by atoms with van der Waals surface area (Å²) >= 11 is 11.7. The summed E-state index contributed by atoms with van der Waals surface area (Å²) in [6.07, 6.45) is 0.783. The molecular weight excluding hydrogens is 356 g/mol. The van der Waals surface area contributed by atoms with Gasteiger partial charge in [0.2, 0.25) is 0 Å². The molecular formula is C19H21ClN2O2S. The Morgan fingerprint density at radius 3 is 2.64 bits per heavy atom. The first kappa shape index (κ1) is 17.8. The van der Waals surface area contributed by atoms with Crippen LogP contribution in [-0.4, -0.2) is 17.8 Å². The zero-order valence-corrected chi connectivity index (χ0v) is 16.0. The minimum atomic E-state index is -0.284. The topological polar surface area (TPSA) is 42.5 Å². The van der Waals surface area contributed by atoms with Crippen molar-refractivity contribution in [2.24, 2.45) is 0 Å². The van der Waals surface area contributed by atoms with E-state index in [0.717, 1.165) is 29.2 Å². The van der Waals surface area contributed by atoms with Crippen molar-refractivity contribution in [2.45, 2.75) is 31.9 Å². The van der Waals surface area contributed by atoms with E-state index in [-0.39, 0.29) is 11.6 Å². The second-order valence-electron chi connectivity index (χ2n) is 6.63. The lowest BCUT2D eigenvalue weighted by Crippen LogP contribution is -2.42. The van der Waals surface area contributed by atoms with Gasteiger partial charge in [-0.1, -0.05) is 11.6 Å². The normalized spacial score (nSPS) is 17.8. The average Bonchev–Trinajstić information content (AvgIpc) is 2.55. The highest BCUT2D eigenvalue weighted by Gasteiger charge is 2.34. The van der Waals surface area contributed by atoms with Crippen molar-refractivity contribution in [2.75, 3.05) is 12.4 Å². The lowest BCUT2D eigenvalue weighted by molar-refractivity contribution is 0.0697. The molecule has 1 atom stereocenters. The quantitative estimate of drug-likeness (QED) is 0.743. The molecule has 0 saturated carbocycles. The molecule has 1 aliphatic heterocycles. The fraction of sp³-hybridized carbons (Fsp3) is 0.316. The highest BCUT2D eigenvalue weighted by Crippen LogP contribution is 2.40. The van der Waals surface area contributed by atoms with Crippen molar-refractivity contribution in [3.63, 3.8) is 0 Å². The third-order valence-electron chi connectivity index (χ3n) is 4.08. The van der Waals surface area contributed by atoms with Crippen LogP contribution in [-0.2, 0) is 0 Å². The number of fused-ring (bicyclic) bond motifs is 1. The SMILES string of the molecule is COc1ccc(NC(=S)N[C@@H]2CC(C)(C)Oc3ccc(Cl)cc32)cc1. The Bertz CT molecular complexity index is 777. The van der Waals surface area contributed by atoms with E-state index in [9.17, 15) is 0 Å². The molecule has 2 N–H and O–H groups in total. The molecule has 4 nitrogen and oxygen atoms in total. The highest BCUT2D eigenvalue weighted by atomic mass is 35.5. The number of hydrogen-bond donors (Lipinski definition) is 2. The summed E-state index contributed by atoms with van der Waals surface area (Å²) in [5.74, 6) is 1.64. The summed E-state index contributed by atoms with van der Waals surface area (Å²) in [7, 11) is 1.64. The van der Waals surface area contributed by atoms with Gasteiger partial charge in [0.1, 0.15) is 17.1 Å². The molecule has 0 aliphatic carbocycles. The van der Waals surface area contributed by atoms with Crippen LogP contribution in [0.5, 0.6) is 11.5 Å². The van der Waals surface area contributed by atoms with Gasteiger partial charge in [-0.05, 0) is 68.5 Å². The molecule has 1 aliphatic rings. The Kier molecular flexibility index (Phi) is 5.06.